The molecule has 4 fully saturated rings. The van der Waals surface area contributed by atoms with E-state index >= 15 is 0 Å². The third kappa shape index (κ3) is 1.73. The quantitative estimate of drug-likeness (QED) is 0.875. The predicted octanol–water partition coefficient (Wildman–Crippen LogP) is 3.03. The summed E-state index contributed by atoms with van der Waals surface area (Å²) in [6, 6.07) is 10.0. The summed E-state index contributed by atoms with van der Waals surface area (Å²) in [6.07, 6.45) is 6.56. The van der Waals surface area contributed by atoms with Gasteiger partial charge in [0.15, 0.2) is 0 Å². The zero-order chi connectivity index (χ0) is 13.0. The van der Waals surface area contributed by atoms with E-state index < -0.39 is 0 Å². The highest BCUT2D eigenvalue weighted by molar-refractivity contribution is 5.62. The van der Waals surface area contributed by atoms with Crippen LogP contribution in [0.15, 0.2) is 18.2 Å². The fraction of sp³-hybridized carbons (Fsp3) is 0.647. The molecule has 1 aromatic carbocycles. The van der Waals surface area contributed by atoms with Crippen molar-refractivity contribution >= 4 is 5.69 Å². The second kappa shape index (κ2) is 4.24. The molecule has 5 rings (SSSR count). The van der Waals surface area contributed by atoms with Crippen molar-refractivity contribution in [2.75, 3.05) is 4.90 Å². The van der Waals surface area contributed by atoms with Crippen molar-refractivity contribution in [3.8, 4) is 0 Å². The van der Waals surface area contributed by atoms with Gasteiger partial charge in [-0.25, -0.2) is 0 Å². The number of rotatable bonds is 2. The molecule has 0 radical (unpaired) electrons. The van der Waals surface area contributed by atoms with Crippen molar-refractivity contribution in [1.29, 1.82) is 0 Å². The van der Waals surface area contributed by atoms with Gasteiger partial charge in [-0.2, -0.15) is 0 Å². The Hall–Kier alpha value is -1.02. The molecule has 4 saturated heterocycles. The fourth-order valence-electron chi connectivity index (χ4n) is 4.80. The Morgan fingerprint density at radius 2 is 1.74 bits per heavy atom. The SMILES string of the molecule is CCc1cccc(C)c1N1C2CC3CC1CC(C2)N3. The van der Waals surface area contributed by atoms with Crippen LogP contribution in [0.5, 0.6) is 0 Å². The largest absolute Gasteiger partial charge is 0.365 e. The van der Waals surface area contributed by atoms with Gasteiger partial charge in [-0.05, 0) is 50.2 Å². The number of hydrogen-bond acceptors (Lipinski definition) is 2. The normalized spacial score (nSPS) is 36.0. The Kier molecular flexibility index (Phi) is 2.63. The highest BCUT2D eigenvalue weighted by Gasteiger charge is 2.47. The van der Waals surface area contributed by atoms with E-state index in [4.69, 9.17) is 0 Å². The number of para-hydroxylation sites is 1. The fourth-order valence-corrected chi connectivity index (χ4v) is 4.80. The summed E-state index contributed by atoms with van der Waals surface area (Å²) in [5.41, 5.74) is 4.58. The minimum absolute atomic E-state index is 0.787. The molecule has 4 heterocycles. The van der Waals surface area contributed by atoms with E-state index in [1.807, 2.05) is 0 Å². The van der Waals surface area contributed by atoms with E-state index in [0.29, 0.717) is 0 Å². The van der Waals surface area contributed by atoms with Crippen molar-refractivity contribution in [2.24, 2.45) is 0 Å². The van der Waals surface area contributed by atoms with Crippen molar-refractivity contribution in [3.63, 3.8) is 0 Å². The van der Waals surface area contributed by atoms with Crippen LogP contribution >= 0.6 is 0 Å². The average molecular weight is 256 g/mol. The van der Waals surface area contributed by atoms with Crippen LogP contribution in [0.1, 0.15) is 43.7 Å². The van der Waals surface area contributed by atoms with Crippen LogP contribution in [0.2, 0.25) is 0 Å². The van der Waals surface area contributed by atoms with Crippen LogP contribution < -0.4 is 10.2 Å². The summed E-state index contributed by atoms with van der Waals surface area (Å²) in [5, 5.41) is 3.80. The second-order valence-electron chi connectivity index (χ2n) is 6.65. The highest BCUT2D eigenvalue weighted by atomic mass is 15.3. The average Bonchev–Trinajstić information content (AvgIpc) is 2.39. The smallest absolute Gasteiger partial charge is 0.0433 e. The topological polar surface area (TPSA) is 15.3 Å². The molecule has 4 aliphatic rings. The molecule has 1 aromatic rings. The Labute approximate surface area is 116 Å². The van der Waals surface area contributed by atoms with Crippen molar-refractivity contribution in [3.05, 3.63) is 29.3 Å². The predicted molar refractivity (Wildman–Crippen MR) is 79.8 cm³/mol. The van der Waals surface area contributed by atoms with E-state index in [-0.39, 0.29) is 0 Å². The summed E-state index contributed by atoms with van der Waals surface area (Å²) < 4.78 is 0. The number of aryl methyl sites for hydroxylation is 2. The maximum Gasteiger partial charge on any atom is 0.0433 e. The van der Waals surface area contributed by atoms with E-state index in [2.05, 4.69) is 42.3 Å². The number of hydrogen-bond donors (Lipinski definition) is 1. The lowest BCUT2D eigenvalue weighted by molar-refractivity contribution is 0.134. The molecule has 2 nitrogen and oxygen atoms in total. The second-order valence-corrected chi connectivity index (χ2v) is 6.65. The molecule has 0 unspecified atom stereocenters. The van der Waals surface area contributed by atoms with Gasteiger partial charge in [-0.3, -0.25) is 0 Å². The molecule has 1 N–H and O–H groups in total. The van der Waals surface area contributed by atoms with Gasteiger partial charge in [0.05, 0.1) is 0 Å². The van der Waals surface area contributed by atoms with Crippen molar-refractivity contribution < 1.29 is 0 Å². The first-order chi connectivity index (χ1) is 9.26. The third-order valence-electron chi connectivity index (χ3n) is 5.44. The van der Waals surface area contributed by atoms with Crippen molar-refractivity contribution in [2.45, 2.75) is 70.1 Å². The first kappa shape index (κ1) is 11.8. The molecular formula is C17H24N2. The summed E-state index contributed by atoms with van der Waals surface area (Å²) in [7, 11) is 0. The van der Waals surface area contributed by atoms with Crippen LogP contribution in [0.25, 0.3) is 0 Å². The van der Waals surface area contributed by atoms with E-state index in [0.717, 1.165) is 30.6 Å². The summed E-state index contributed by atoms with van der Waals surface area (Å²) in [6.45, 7) is 4.58. The van der Waals surface area contributed by atoms with Gasteiger partial charge in [-0.1, -0.05) is 25.1 Å². The first-order valence-corrected chi connectivity index (χ1v) is 7.89. The Morgan fingerprint density at radius 1 is 1.11 bits per heavy atom. The van der Waals surface area contributed by atoms with Gasteiger partial charge >= 0.3 is 0 Å². The van der Waals surface area contributed by atoms with Gasteiger partial charge < -0.3 is 10.2 Å². The molecule has 0 aliphatic carbocycles. The summed E-state index contributed by atoms with van der Waals surface area (Å²) >= 11 is 0. The molecule has 0 atom stereocenters. The minimum Gasteiger partial charge on any atom is -0.365 e. The van der Waals surface area contributed by atoms with Crippen LogP contribution in [0.4, 0.5) is 5.69 Å². The van der Waals surface area contributed by atoms with E-state index in [1.54, 1.807) is 11.3 Å². The highest BCUT2D eigenvalue weighted by Crippen LogP contribution is 2.43. The molecule has 2 heteroatoms. The van der Waals surface area contributed by atoms with Crippen LogP contribution in [-0.2, 0) is 6.42 Å². The monoisotopic (exact) mass is 256 g/mol. The van der Waals surface area contributed by atoms with Crippen LogP contribution in [0.3, 0.4) is 0 Å². The van der Waals surface area contributed by atoms with Gasteiger partial charge in [0.2, 0.25) is 0 Å². The van der Waals surface area contributed by atoms with Gasteiger partial charge in [0.1, 0.15) is 0 Å². The van der Waals surface area contributed by atoms with Gasteiger partial charge in [0.25, 0.3) is 0 Å². The van der Waals surface area contributed by atoms with E-state index in [1.165, 1.54) is 31.2 Å². The van der Waals surface area contributed by atoms with Crippen LogP contribution in [-0.4, -0.2) is 24.2 Å². The maximum absolute atomic E-state index is 3.80. The zero-order valence-corrected chi connectivity index (χ0v) is 12.0. The van der Waals surface area contributed by atoms with E-state index in [9.17, 15) is 0 Å². The molecule has 0 spiro atoms. The number of anilines is 1. The van der Waals surface area contributed by atoms with Crippen LogP contribution in [0, 0.1) is 6.92 Å². The molecule has 102 valence electrons. The number of piperidine rings is 4. The standard InChI is InChI=1S/C17H24N2/c1-3-12-6-4-5-11(2)17(12)19-15-7-13-8-16(19)10-14(9-15)18-13/h4-6,13-16,18H,3,7-10H2,1-2H3. The van der Waals surface area contributed by atoms with Gasteiger partial charge in [0, 0.05) is 29.9 Å². The molecule has 0 amide bonds. The lowest BCUT2D eigenvalue weighted by atomic mass is 9.74. The molecule has 4 bridgehead atoms. The Morgan fingerprint density at radius 3 is 2.32 bits per heavy atom. The summed E-state index contributed by atoms with van der Waals surface area (Å²) in [5.74, 6) is 0. The first-order valence-electron chi connectivity index (χ1n) is 7.89. The number of nitrogens with zero attached hydrogens (tertiary/aromatic N) is 1. The van der Waals surface area contributed by atoms with Crippen molar-refractivity contribution in [1.82, 2.24) is 5.32 Å². The maximum atomic E-state index is 3.80. The zero-order valence-electron chi connectivity index (χ0n) is 12.0. The third-order valence-corrected chi connectivity index (χ3v) is 5.44. The number of benzene rings is 1. The molecular weight excluding hydrogens is 232 g/mol. The number of nitrogens with one attached hydrogen (secondary N) is 1. The molecule has 0 saturated carbocycles. The molecule has 19 heavy (non-hydrogen) atoms. The summed E-state index contributed by atoms with van der Waals surface area (Å²) in [4.78, 5) is 2.81. The minimum atomic E-state index is 0.787. The van der Waals surface area contributed by atoms with Gasteiger partial charge in [-0.15, -0.1) is 0 Å². The lowest BCUT2D eigenvalue weighted by Gasteiger charge is -2.58. The molecule has 4 aliphatic heterocycles. The lowest BCUT2D eigenvalue weighted by Crippen LogP contribution is -2.68. The molecule has 0 aromatic heterocycles. The Bertz CT molecular complexity index is 466. The Balaban J connectivity index is 1.77.